The van der Waals surface area contributed by atoms with Gasteiger partial charge in [-0.25, -0.2) is 0 Å². The Morgan fingerprint density at radius 2 is 1.93 bits per heavy atom. The van der Waals surface area contributed by atoms with Crippen LogP contribution in [0.1, 0.15) is 25.3 Å². The third-order valence-corrected chi connectivity index (χ3v) is 2.54. The van der Waals surface area contributed by atoms with Crippen LogP contribution >= 0.6 is 0 Å². The van der Waals surface area contributed by atoms with Crippen LogP contribution in [0.15, 0.2) is 36.9 Å². The Balaban J connectivity index is 2.42. The Hall–Kier alpha value is -1.08. The fraction of sp³-hybridized carbons (Fsp3) is 0.429. The van der Waals surface area contributed by atoms with Crippen LogP contribution in [-0.2, 0) is 0 Å². The molecule has 0 saturated heterocycles. The summed E-state index contributed by atoms with van der Waals surface area (Å²) in [6, 6.07) is 10.4. The van der Waals surface area contributed by atoms with Crippen molar-refractivity contribution < 1.29 is 0 Å². The van der Waals surface area contributed by atoms with Gasteiger partial charge in [-0.1, -0.05) is 50.3 Å². The van der Waals surface area contributed by atoms with Gasteiger partial charge in [0.15, 0.2) is 0 Å². The average Bonchev–Trinajstić information content (AvgIpc) is 2.27. The van der Waals surface area contributed by atoms with Gasteiger partial charge in [-0.15, -0.1) is 0 Å². The molecule has 0 spiro atoms. The average molecular weight is 203 g/mol. The normalized spacial score (nSPS) is 10.6. The Bertz CT molecular complexity index is 289. The summed E-state index contributed by atoms with van der Waals surface area (Å²) in [6.07, 6.45) is 2.51. The molecule has 1 nitrogen and oxygen atoms in total. The Kier molecular flexibility index (Phi) is 5.13. The molecule has 0 aliphatic carbocycles. The van der Waals surface area contributed by atoms with Crippen LogP contribution in [0.3, 0.4) is 0 Å². The zero-order valence-corrected chi connectivity index (χ0v) is 9.87. The molecule has 0 aliphatic rings. The van der Waals surface area contributed by atoms with Gasteiger partial charge in [-0.2, -0.15) is 0 Å². The maximum absolute atomic E-state index is 4.13. The lowest BCUT2D eigenvalue weighted by Crippen LogP contribution is -2.21. The van der Waals surface area contributed by atoms with Crippen molar-refractivity contribution in [2.24, 2.45) is 0 Å². The minimum absolute atomic E-state index is 0.962. The summed E-state index contributed by atoms with van der Waals surface area (Å²) in [5.74, 6) is 0. The molecule has 1 heteroatoms. The summed E-state index contributed by atoms with van der Waals surface area (Å²) >= 11 is 0. The number of rotatable bonds is 6. The topological polar surface area (TPSA) is 3.24 Å². The van der Waals surface area contributed by atoms with Crippen molar-refractivity contribution in [2.45, 2.75) is 19.8 Å². The standard InChI is InChI=1S/C14H21N/c1-4-5-11-15(3)12-13(2)14-9-7-6-8-10-14/h6-10H,2,4-5,11-12H2,1,3H3. The first-order valence-electron chi connectivity index (χ1n) is 5.65. The van der Waals surface area contributed by atoms with Crippen molar-refractivity contribution in [3.05, 3.63) is 42.5 Å². The molecule has 1 aromatic rings. The van der Waals surface area contributed by atoms with Crippen molar-refractivity contribution in [3.8, 4) is 0 Å². The smallest absolute Gasteiger partial charge is 0.0230 e. The van der Waals surface area contributed by atoms with Gasteiger partial charge in [0.05, 0.1) is 0 Å². The Morgan fingerprint density at radius 1 is 1.27 bits per heavy atom. The van der Waals surface area contributed by atoms with E-state index in [1.54, 1.807) is 0 Å². The highest BCUT2D eigenvalue weighted by Crippen LogP contribution is 2.12. The monoisotopic (exact) mass is 203 g/mol. The molecule has 0 heterocycles. The molecule has 0 aromatic heterocycles. The van der Waals surface area contributed by atoms with Gasteiger partial charge in [0, 0.05) is 6.54 Å². The van der Waals surface area contributed by atoms with Gasteiger partial charge in [-0.05, 0) is 31.1 Å². The van der Waals surface area contributed by atoms with Gasteiger partial charge >= 0.3 is 0 Å². The lowest BCUT2D eigenvalue weighted by molar-refractivity contribution is 0.367. The van der Waals surface area contributed by atoms with Gasteiger partial charge in [0.25, 0.3) is 0 Å². The van der Waals surface area contributed by atoms with Crippen molar-refractivity contribution in [3.63, 3.8) is 0 Å². The van der Waals surface area contributed by atoms with Crippen LogP contribution in [0, 0.1) is 0 Å². The first kappa shape index (κ1) is 12.0. The summed E-state index contributed by atoms with van der Waals surface area (Å²) < 4.78 is 0. The second kappa shape index (κ2) is 6.41. The number of hydrogen-bond donors (Lipinski definition) is 0. The largest absolute Gasteiger partial charge is 0.302 e. The Morgan fingerprint density at radius 3 is 2.53 bits per heavy atom. The highest BCUT2D eigenvalue weighted by Gasteiger charge is 2.02. The SMILES string of the molecule is C=C(CN(C)CCCC)c1ccccc1. The zero-order chi connectivity index (χ0) is 11.1. The molecule has 0 unspecified atom stereocenters. The minimum Gasteiger partial charge on any atom is -0.302 e. The summed E-state index contributed by atoms with van der Waals surface area (Å²) in [5, 5.41) is 0. The van der Waals surface area contributed by atoms with Crippen LogP contribution in [0.4, 0.5) is 0 Å². The molecule has 0 saturated carbocycles. The third-order valence-electron chi connectivity index (χ3n) is 2.54. The third kappa shape index (κ3) is 4.30. The van der Waals surface area contributed by atoms with Gasteiger partial charge < -0.3 is 4.90 Å². The number of hydrogen-bond acceptors (Lipinski definition) is 1. The molecule has 1 aromatic carbocycles. The quantitative estimate of drug-likeness (QED) is 0.684. The maximum atomic E-state index is 4.13. The van der Waals surface area contributed by atoms with E-state index in [4.69, 9.17) is 0 Å². The molecular formula is C14H21N. The van der Waals surface area contributed by atoms with E-state index in [0.29, 0.717) is 0 Å². The second-order valence-electron chi connectivity index (χ2n) is 4.06. The predicted octanol–water partition coefficient (Wildman–Crippen LogP) is 3.43. The molecular weight excluding hydrogens is 182 g/mol. The number of likely N-dealkylation sites (N-methyl/N-ethyl adjacent to an activating group) is 1. The van der Waals surface area contributed by atoms with Gasteiger partial charge in [0.1, 0.15) is 0 Å². The number of benzene rings is 1. The minimum atomic E-state index is 0.962. The first-order chi connectivity index (χ1) is 7.24. The molecule has 0 fully saturated rings. The highest BCUT2D eigenvalue weighted by atomic mass is 15.1. The summed E-state index contributed by atoms with van der Waals surface area (Å²) in [7, 11) is 2.16. The number of nitrogens with zero attached hydrogens (tertiary/aromatic N) is 1. The molecule has 0 atom stereocenters. The predicted molar refractivity (Wildman–Crippen MR) is 67.9 cm³/mol. The number of unbranched alkanes of at least 4 members (excludes halogenated alkanes) is 1. The Labute approximate surface area is 93.4 Å². The van der Waals surface area contributed by atoms with E-state index < -0.39 is 0 Å². The van der Waals surface area contributed by atoms with Gasteiger partial charge in [-0.3, -0.25) is 0 Å². The molecule has 82 valence electrons. The van der Waals surface area contributed by atoms with Crippen LogP contribution in [0.2, 0.25) is 0 Å². The van der Waals surface area contributed by atoms with Crippen LogP contribution in [0.5, 0.6) is 0 Å². The van der Waals surface area contributed by atoms with E-state index in [9.17, 15) is 0 Å². The summed E-state index contributed by atoms with van der Waals surface area (Å²) in [4.78, 5) is 2.33. The molecule has 1 rings (SSSR count). The lowest BCUT2D eigenvalue weighted by Gasteiger charge is -2.17. The fourth-order valence-corrected chi connectivity index (χ4v) is 1.60. The van der Waals surface area contributed by atoms with Crippen molar-refractivity contribution in [1.29, 1.82) is 0 Å². The van der Waals surface area contributed by atoms with Crippen LogP contribution in [-0.4, -0.2) is 25.0 Å². The van der Waals surface area contributed by atoms with Crippen LogP contribution in [0.25, 0.3) is 5.57 Å². The van der Waals surface area contributed by atoms with E-state index in [-0.39, 0.29) is 0 Å². The van der Waals surface area contributed by atoms with E-state index in [1.807, 2.05) is 6.07 Å². The molecule has 0 aliphatic heterocycles. The first-order valence-corrected chi connectivity index (χ1v) is 5.65. The fourth-order valence-electron chi connectivity index (χ4n) is 1.60. The highest BCUT2D eigenvalue weighted by molar-refractivity contribution is 5.64. The van der Waals surface area contributed by atoms with Crippen molar-refractivity contribution in [2.75, 3.05) is 20.1 Å². The summed E-state index contributed by atoms with van der Waals surface area (Å²) in [6.45, 7) is 8.47. The second-order valence-corrected chi connectivity index (χ2v) is 4.06. The molecule has 15 heavy (non-hydrogen) atoms. The molecule has 0 amide bonds. The van der Waals surface area contributed by atoms with Crippen LogP contribution < -0.4 is 0 Å². The summed E-state index contributed by atoms with van der Waals surface area (Å²) in [5.41, 5.74) is 2.45. The van der Waals surface area contributed by atoms with E-state index in [1.165, 1.54) is 24.0 Å². The van der Waals surface area contributed by atoms with E-state index in [0.717, 1.165) is 13.1 Å². The molecule has 0 bridgehead atoms. The van der Waals surface area contributed by atoms with E-state index >= 15 is 0 Å². The lowest BCUT2D eigenvalue weighted by atomic mass is 10.1. The maximum Gasteiger partial charge on any atom is 0.0230 e. The van der Waals surface area contributed by atoms with Crippen molar-refractivity contribution >= 4 is 5.57 Å². The molecule has 0 N–H and O–H groups in total. The zero-order valence-electron chi connectivity index (χ0n) is 9.87. The van der Waals surface area contributed by atoms with Crippen molar-refractivity contribution in [1.82, 2.24) is 4.90 Å². The molecule has 0 radical (unpaired) electrons. The van der Waals surface area contributed by atoms with Gasteiger partial charge in [0.2, 0.25) is 0 Å². The van der Waals surface area contributed by atoms with E-state index in [2.05, 4.69) is 49.7 Å².